The Morgan fingerprint density at radius 1 is 0.605 bits per heavy atom. The first-order valence-electron chi connectivity index (χ1n) is 26.2. The maximum absolute atomic E-state index is 14.8. The number of rotatable bonds is 31. The number of aromatic hydroxyl groups is 2. The minimum atomic E-state index is -1.84. The van der Waals surface area contributed by atoms with Gasteiger partial charge in [0.15, 0.2) is 12.0 Å². The number of carboxylic acid groups (broad SMARTS) is 1. The van der Waals surface area contributed by atoms with Crippen LogP contribution < -0.4 is 60.6 Å². The van der Waals surface area contributed by atoms with Crippen molar-refractivity contribution in [2.24, 2.45) is 33.7 Å². The van der Waals surface area contributed by atoms with E-state index in [0.29, 0.717) is 24.0 Å². The average molecular weight is 1140 g/mol. The molecule has 0 radical (unpaired) electrons. The summed E-state index contributed by atoms with van der Waals surface area (Å²) >= 11 is 0. The van der Waals surface area contributed by atoms with Gasteiger partial charge >= 0.3 is 5.97 Å². The van der Waals surface area contributed by atoms with Crippen LogP contribution in [0.15, 0.2) is 53.5 Å². The number of carbonyl (C=O) groups is 11. The molecule has 0 aromatic heterocycles. The van der Waals surface area contributed by atoms with Crippen LogP contribution in [0.4, 0.5) is 0 Å². The minimum Gasteiger partial charge on any atom is -0.508 e. The van der Waals surface area contributed by atoms with E-state index in [9.17, 15) is 78.3 Å². The van der Waals surface area contributed by atoms with E-state index in [1.807, 2.05) is 0 Å². The largest absolute Gasteiger partial charge is 0.508 e. The van der Waals surface area contributed by atoms with Crippen molar-refractivity contribution in [3.8, 4) is 11.5 Å². The molecule has 10 atom stereocenters. The Morgan fingerprint density at radius 3 is 1.59 bits per heavy atom. The number of hydrogen-bond acceptors (Lipinski definition) is 17. The summed E-state index contributed by atoms with van der Waals surface area (Å²) in [5.74, 6) is -10.9. The van der Waals surface area contributed by atoms with Crippen LogP contribution in [0.25, 0.3) is 0 Å². The molecule has 2 saturated heterocycles. The van der Waals surface area contributed by atoms with Crippen LogP contribution in [-0.4, -0.2) is 193 Å². The normalized spacial score (nSPS) is 17.8. The highest BCUT2D eigenvalue weighted by atomic mass is 16.4. The molecule has 21 N–H and O–H groups in total. The second-order valence-electron chi connectivity index (χ2n) is 19.7. The highest BCUT2D eigenvalue weighted by Crippen LogP contribution is 2.27. The molecule has 444 valence electrons. The van der Waals surface area contributed by atoms with Gasteiger partial charge in [0.1, 0.15) is 53.8 Å². The topological polar surface area (TPSA) is 510 Å². The number of phenols is 2. The molecular formula is C51H74N14O16. The fourth-order valence-corrected chi connectivity index (χ4v) is 9.08. The number of aliphatic hydroxyl groups is 2. The molecule has 2 aromatic carbocycles. The van der Waals surface area contributed by atoms with Gasteiger partial charge in [-0.3, -0.25) is 52.9 Å². The number of aliphatic imine (C=N–C) groups is 1. The van der Waals surface area contributed by atoms with Crippen LogP contribution in [0.1, 0.15) is 82.3 Å². The maximum Gasteiger partial charge on any atom is 0.328 e. The molecule has 0 unspecified atom stereocenters. The van der Waals surface area contributed by atoms with E-state index in [2.05, 4.69) is 36.9 Å². The zero-order valence-electron chi connectivity index (χ0n) is 44.7. The lowest BCUT2D eigenvalue weighted by molar-refractivity contribution is -0.149. The Hall–Kier alpha value is -8.64. The summed E-state index contributed by atoms with van der Waals surface area (Å²) in [7, 11) is 0. The van der Waals surface area contributed by atoms with Gasteiger partial charge in [-0.15, -0.1) is 0 Å². The summed E-state index contributed by atoms with van der Waals surface area (Å²) in [6.45, 7) is 0.163. The third kappa shape index (κ3) is 20.2. The lowest BCUT2D eigenvalue weighted by atomic mass is 10.0. The van der Waals surface area contributed by atoms with Gasteiger partial charge in [-0.25, -0.2) is 4.79 Å². The van der Waals surface area contributed by atoms with Crippen molar-refractivity contribution < 1.29 is 78.3 Å². The first-order valence-corrected chi connectivity index (χ1v) is 26.2. The summed E-state index contributed by atoms with van der Waals surface area (Å²) in [4.78, 5) is 153. The Kier molecular flexibility index (Phi) is 25.0. The van der Waals surface area contributed by atoms with Gasteiger partial charge in [0.05, 0.1) is 18.8 Å². The number of amides is 10. The van der Waals surface area contributed by atoms with Crippen molar-refractivity contribution in [3.63, 3.8) is 0 Å². The number of guanidine groups is 1. The van der Waals surface area contributed by atoms with E-state index in [4.69, 9.17) is 28.7 Å². The van der Waals surface area contributed by atoms with E-state index in [-0.39, 0.29) is 94.9 Å². The summed E-state index contributed by atoms with van der Waals surface area (Å²) in [5, 5.41) is 64.7. The molecule has 30 nitrogen and oxygen atoms in total. The van der Waals surface area contributed by atoms with Crippen molar-refractivity contribution >= 4 is 71.0 Å². The number of primary amides is 2. The number of hydrogen-bond donors (Lipinski definition) is 16. The Bertz CT molecular complexity index is 2600. The number of benzene rings is 2. The molecule has 0 spiro atoms. The fraction of sp³-hybridized carbons (Fsp3) is 0.529. The molecule has 2 aliphatic heterocycles. The van der Waals surface area contributed by atoms with E-state index in [1.54, 1.807) is 0 Å². The van der Waals surface area contributed by atoms with Crippen LogP contribution in [0.5, 0.6) is 11.5 Å². The van der Waals surface area contributed by atoms with Crippen LogP contribution in [0.3, 0.4) is 0 Å². The summed E-state index contributed by atoms with van der Waals surface area (Å²) < 4.78 is 0. The summed E-state index contributed by atoms with van der Waals surface area (Å²) in [6.07, 6.45) is -2.46. The molecule has 81 heavy (non-hydrogen) atoms. The Morgan fingerprint density at radius 2 is 1.06 bits per heavy atom. The molecule has 30 heteroatoms. The first kappa shape index (κ1) is 64.9. The Balaban J connectivity index is 1.62. The van der Waals surface area contributed by atoms with E-state index < -0.39 is 139 Å². The third-order valence-corrected chi connectivity index (χ3v) is 13.5. The van der Waals surface area contributed by atoms with E-state index in [1.165, 1.54) is 65.3 Å². The number of aliphatic carboxylic acids is 1. The SMILES string of the molecule is C[C@@H](O)[C@H](NC(=O)[C@@H]1CCCN1C(=O)[C@@H]1CCCN1C(=O)[C@H](Cc1ccc(O)cc1)NC(=O)[C@H](CCCN=C(N)N)NC(=O)[C@H](CO)NC(=O)[C@H](Cc1ccc(O)cc1)NC(=O)[C@H](CCC(N)=O)NC(=O)[C@@H](N)CCC(N)=O)C(=O)O. The average Bonchev–Trinajstić information content (AvgIpc) is 4.16. The van der Waals surface area contributed by atoms with Crippen molar-refractivity contribution in [1.29, 1.82) is 0 Å². The van der Waals surface area contributed by atoms with Crippen molar-refractivity contribution in [2.45, 2.75) is 144 Å². The predicted molar refractivity (Wildman–Crippen MR) is 286 cm³/mol. The number of likely N-dealkylation sites (tertiary alicyclic amines) is 2. The number of nitrogens with zero attached hydrogens (tertiary/aromatic N) is 3. The van der Waals surface area contributed by atoms with Gasteiger partial charge in [0, 0.05) is 45.3 Å². The number of carbonyl (C=O) groups excluding carboxylic acids is 10. The molecule has 2 aliphatic rings. The molecule has 0 bridgehead atoms. The number of nitrogens with two attached hydrogens (primary N) is 5. The van der Waals surface area contributed by atoms with Crippen LogP contribution in [-0.2, 0) is 65.6 Å². The third-order valence-electron chi connectivity index (χ3n) is 13.5. The Labute approximate surface area is 465 Å². The fourth-order valence-electron chi connectivity index (χ4n) is 9.08. The van der Waals surface area contributed by atoms with Crippen LogP contribution >= 0.6 is 0 Å². The van der Waals surface area contributed by atoms with Crippen molar-refractivity contribution in [1.82, 2.24) is 41.7 Å². The van der Waals surface area contributed by atoms with Crippen molar-refractivity contribution in [3.05, 3.63) is 59.7 Å². The monoisotopic (exact) mass is 1140 g/mol. The standard InChI is InChI=1S/C51H74N14O16/c1-26(67)41(50(80)81)63-47(77)37-6-3-21-64(37)49(79)38-7-4-22-65(38)48(78)35(24-28-10-14-30(69)15-11-28)61-43(73)32(5-2-20-57-51(55)56)59-46(76)36(25-66)62-45(75)34(23-27-8-12-29(68)13-9-27)60-44(74)33(17-19-40(54)71)58-42(72)31(52)16-18-39(53)70/h8-15,26,31-38,41,66-69H,2-7,16-25,52H2,1H3,(H2,53,70)(H2,54,71)(H,58,72)(H,59,76)(H,60,74)(H,61,73)(H,62,75)(H,63,77)(H,80,81)(H4,55,56,57)/t26-,31+,32+,33+,34+,35+,36+,37+,38+,41+/m1/s1. The van der Waals surface area contributed by atoms with Gasteiger partial charge in [-0.05, 0) is 93.7 Å². The highest BCUT2D eigenvalue weighted by Gasteiger charge is 2.45. The number of aliphatic hydroxyl groups excluding tert-OH is 2. The molecule has 4 rings (SSSR count). The quantitative estimate of drug-likeness (QED) is 0.0190. The molecule has 2 heterocycles. The second kappa shape index (κ2) is 31.2. The number of nitrogens with one attached hydrogen (secondary N) is 6. The minimum absolute atomic E-state index is 0.0327. The maximum atomic E-state index is 14.8. The zero-order valence-corrected chi connectivity index (χ0v) is 44.7. The molecule has 0 aliphatic carbocycles. The van der Waals surface area contributed by atoms with Crippen molar-refractivity contribution in [2.75, 3.05) is 26.2 Å². The van der Waals surface area contributed by atoms with E-state index in [0.717, 1.165) is 0 Å². The summed E-state index contributed by atoms with van der Waals surface area (Å²) in [5.41, 5.74) is 28.2. The van der Waals surface area contributed by atoms with Gasteiger partial charge in [0.25, 0.3) is 0 Å². The molecule has 10 amide bonds. The first-order chi connectivity index (χ1) is 38.3. The van der Waals surface area contributed by atoms with Crippen LogP contribution in [0.2, 0.25) is 0 Å². The van der Waals surface area contributed by atoms with Crippen LogP contribution in [0, 0.1) is 0 Å². The smallest absolute Gasteiger partial charge is 0.328 e. The highest BCUT2D eigenvalue weighted by molar-refractivity contribution is 5.99. The lowest BCUT2D eigenvalue weighted by Crippen LogP contribution is -2.61. The molecule has 2 aromatic rings. The molecule has 0 saturated carbocycles. The second-order valence-corrected chi connectivity index (χ2v) is 19.7. The summed E-state index contributed by atoms with van der Waals surface area (Å²) in [6, 6.07) is -2.19. The van der Waals surface area contributed by atoms with Gasteiger partial charge in [-0.2, -0.15) is 0 Å². The number of carboxylic acids is 1. The van der Waals surface area contributed by atoms with Gasteiger partial charge in [0.2, 0.25) is 59.1 Å². The van der Waals surface area contributed by atoms with Gasteiger partial charge in [-0.1, -0.05) is 24.3 Å². The molecule has 2 fully saturated rings. The number of phenolic OH excluding ortho intramolecular Hbond substituents is 2. The zero-order chi connectivity index (χ0) is 60.1. The molecular weight excluding hydrogens is 1060 g/mol. The lowest BCUT2D eigenvalue weighted by Gasteiger charge is -2.33. The van der Waals surface area contributed by atoms with Gasteiger partial charge < -0.3 is 95.9 Å². The van der Waals surface area contributed by atoms with E-state index >= 15 is 0 Å². The predicted octanol–water partition coefficient (Wildman–Crippen LogP) is -5.86.